The number of rotatable bonds is 7. The number of amides is 2. The first kappa shape index (κ1) is 23.0. The first-order valence-corrected chi connectivity index (χ1v) is 12.9. The first-order chi connectivity index (χ1) is 15.9. The predicted molar refractivity (Wildman–Crippen MR) is 126 cm³/mol. The number of sulfone groups is 1. The van der Waals surface area contributed by atoms with Crippen molar-refractivity contribution < 1.29 is 22.7 Å². The van der Waals surface area contributed by atoms with Crippen LogP contribution in [-0.4, -0.2) is 67.8 Å². The van der Waals surface area contributed by atoms with Crippen molar-refractivity contribution in [2.45, 2.75) is 31.3 Å². The molecule has 0 spiro atoms. The Kier molecular flexibility index (Phi) is 7.13. The molecule has 2 aromatic rings. The highest BCUT2D eigenvalue weighted by molar-refractivity contribution is 7.95. The van der Waals surface area contributed by atoms with Crippen molar-refractivity contribution in [3.8, 4) is 0 Å². The molecule has 2 aliphatic heterocycles. The molecule has 0 bridgehead atoms. The zero-order chi connectivity index (χ0) is 23.3. The Morgan fingerprint density at radius 1 is 1.00 bits per heavy atom. The number of piperidine rings is 1. The number of nitrogens with zero attached hydrogens (tertiary/aromatic N) is 2. The van der Waals surface area contributed by atoms with E-state index < -0.39 is 21.5 Å². The predicted octanol–water partition coefficient (Wildman–Crippen LogP) is 3.13. The molecule has 4 rings (SSSR count). The fourth-order valence-corrected chi connectivity index (χ4v) is 5.40. The lowest BCUT2D eigenvalue weighted by molar-refractivity contribution is -0.129. The van der Waals surface area contributed by atoms with Gasteiger partial charge in [-0.25, -0.2) is 13.2 Å². The summed E-state index contributed by atoms with van der Waals surface area (Å²) in [7, 11) is -3.67. The zero-order valence-electron chi connectivity index (χ0n) is 18.4. The molecular weight excluding hydrogens is 440 g/mol. The summed E-state index contributed by atoms with van der Waals surface area (Å²) in [5.74, 6) is -0.959. The van der Waals surface area contributed by atoms with Crippen LogP contribution in [-0.2, 0) is 25.8 Å². The molecule has 2 aromatic carbocycles. The van der Waals surface area contributed by atoms with E-state index >= 15 is 0 Å². The number of ether oxygens (including phenoxy) is 1. The third-order valence-corrected chi connectivity index (χ3v) is 7.32. The second-order valence-corrected chi connectivity index (χ2v) is 10.3. The average molecular weight is 469 g/mol. The molecule has 7 nitrogen and oxygen atoms in total. The minimum Gasteiger partial charge on any atom is -0.447 e. The van der Waals surface area contributed by atoms with Gasteiger partial charge in [-0.05, 0) is 36.5 Å². The third kappa shape index (κ3) is 6.01. The van der Waals surface area contributed by atoms with Crippen molar-refractivity contribution in [1.82, 2.24) is 9.80 Å². The number of cyclic esters (lactones) is 1. The van der Waals surface area contributed by atoms with Crippen LogP contribution < -0.4 is 0 Å². The van der Waals surface area contributed by atoms with Gasteiger partial charge in [0.1, 0.15) is 12.4 Å². The molecule has 0 aliphatic carbocycles. The topological polar surface area (TPSA) is 84.0 Å². The van der Waals surface area contributed by atoms with E-state index in [0.29, 0.717) is 32.5 Å². The SMILES string of the molecule is O=C(CS(=O)(=O)C=Cc1ccccc1)N1CCC(N2C(=O)OCC2Cc2ccccc2)CC1. The quantitative estimate of drug-likeness (QED) is 0.623. The lowest BCUT2D eigenvalue weighted by Gasteiger charge is -2.37. The van der Waals surface area contributed by atoms with Gasteiger partial charge in [-0.1, -0.05) is 60.7 Å². The lowest BCUT2D eigenvalue weighted by atomic mass is 9.99. The maximum atomic E-state index is 12.6. The van der Waals surface area contributed by atoms with Crippen LogP contribution in [0.1, 0.15) is 24.0 Å². The Morgan fingerprint density at radius 2 is 1.64 bits per heavy atom. The first-order valence-electron chi connectivity index (χ1n) is 11.1. The molecule has 174 valence electrons. The Bertz CT molecular complexity index is 1090. The van der Waals surface area contributed by atoms with Crippen LogP contribution in [0.4, 0.5) is 4.79 Å². The van der Waals surface area contributed by atoms with E-state index in [4.69, 9.17) is 4.74 Å². The van der Waals surface area contributed by atoms with E-state index in [-0.39, 0.29) is 18.2 Å². The fraction of sp³-hybridized carbons (Fsp3) is 0.360. The van der Waals surface area contributed by atoms with Crippen LogP contribution in [0, 0.1) is 0 Å². The number of carbonyl (C=O) groups is 2. The van der Waals surface area contributed by atoms with Gasteiger partial charge in [0, 0.05) is 24.5 Å². The number of carbonyl (C=O) groups excluding carboxylic acids is 2. The zero-order valence-corrected chi connectivity index (χ0v) is 19.2. The highest BCUT2D eigenvalue weighted by Crippen LogP contribution is 2.26. The van der Waals surface area contributed by atoms with Crippen molar-refractivity contribution in [2.75, 3.05) is 25.4 Å². The average Bonchev–Trinajstić information content (AvgIpc) is 3.18. The van der Waals surface area contributed by atoms with Gasteiger partial charge in [-0.2, -0.15) is 0 Å². The molecule has 0 radical (unpaired) electrons. The normalized spacial score (nSPS) is 19.8. The van der Waals surface area contributed by atoms with E-state index in [1.54, 1.807) is 17.0 Å². The Balaban J connectivity index is 1.31. The molecule has 2 heterocycles. The van der Waals surface area contributed by atoms with Gasteiger partial charge in [-0.3, -0.25) is 9.69 Å². The van der Waals surface area contributed by atoms with E-state index in [1.165, 1.54) is 6.08 Å². The molecule has 2 amide bonds. The smallest absolute Gasteiger partial charge is 0.410 e. The molecule has 2 aliphatic rings. The maximum Gasteiger partial charge on any atom is 0.410 e. The number of hydrogen-bond donors (Lipinski definition) is 0. The molecule has 0 aromatic heterocycles. The minimum atomic E-state index is -3.67. The summed E-state index contributed by atoms with van der Waals surface area (Å²) in [6.45, 7) is 1.20. The summed E-state index contributed by atoms with van der Waals surface area (Å²) in [5.41, 5.74) is 1.91. The molecule has 1 unspecified atom stereocenters. The summed E-state index contributed by atoms with van der Waals surface area (Å²) >= 11 is 0. The molecule has 0 saturated carbocycles. The van der Waals surface area contributed by atoms with Crippen molar-refractivity contribution in [1.29, 1.82) is 0 Å². The van der Waals surface area contributed by atoms with Crippen LogP contribution >= 0.6 is 0 Å². The molecule has 8 heteroatoms. The Hall–Kier alpha value is -3.13. The number of hydrogen-bond acceptors (Lipinski definition) is 5. The molecule has 2 saturated heterocycles. The number of benzene rings is 2. The summed E-state index contributed by atoms with van der Waals surface area (Å²) < 4.78 is 30.1. The second-order valence-electron chi connectivity index (χ2n) is 8.46. The monoisotopic (exact) mass is 468 g/mol. The summed E-state index contributed by atoms with van der Waals surface area (Å²) in [4.78, 5) is 28.4. The maximum absolute atomic E-state index is 12.6. The van der Waals surface area contributed by atoms with Gasteiger partial charge in [0.05, 0.1) is 6.04 Å². The van der Waals surface area contributed by atoms with E-state index in [2.05, 4.69) is 0 Å². The second kappa shape index (κ2) is 10.2. The van der Waals surface area contributed by atoms with Crippen molar-refractivity contribution >= 4 is 27.9 Å². The molecular formula is C25H28N2O5S. The largest absolute Gasteiger partial charge is 0.447 e. The van der Waals surface area contributed by atoms with Crippen LogP contribution in [0.3, 0.4) is 0 Å². The molecule has 33 heavy (non-hydrogen) atoms. The van der Waals surface area contributed by atoms with E-state index in [1.807, 2.05) is 53.4 Å². The molecule has 0 N–H and O–H groups in total. The van der Waals surface area contributed by atoms with Crippen LogP contribution in [0.25, 0.3) is 6.08 Å². The standard InChI is InChI=1S/C25H28N2O5S/c28-24(19-33(30,31)16-13-20-7-3-1-4-8-20)26-14-11-22(12-15-26)27-23(18-32-25(27)29)17-21-9-5-2-6-10-21/h1-10,13,16,22-23H,11-12,14-15,17-19H2. The van der Waals surface area contributed by atoms with Crippen molar-refractivity contribution in [2.24, 2.45) is 0 Å². The highest BCUT2D eigenvalue weighted by atomic mass is 32.2. The summed E-state index contributed by atoms with van der Waals surface area (Å²) in [5, 5.41) is 1.10. The number of likely N-dealkylation sites (tertiary alicyclic amines) is 1. The Labute approximate surface area is 194 Å². The highest BCUT2D eigenvalue weighted by Gasteiger charge is 2.40. The van der Waals surface area contributed by atoms with E-state index in [0.717, 1.165) is 23.0 Å². The van der Waals surface area contributed by atoms with Crippen LogP contribution in [0.2, 0.25) is 0 Å². The van der Waals surface area contributed by atoms with Gasteiger partial charge in [-0.15, -0.1) is 0 Å². The van der Waals surface area contributed by atoms with Crippen molar-refractivity contribution in [3.05, 3.63) is 77.2 Å². The van der Waals surface area contributed by atoms with Gasteiger partial charge >= 0.3 is 6.09 Å². The van der Waals surface area contributed by atoms with E-state index in [9.17, 15) is 18.0 Å². The fourth-order valence-electron chi connectivity index (χ4n) is 4.41. The van der Waals surface area contributed by atoms with Gasteiger partial charge in [0.2, 0.25) is 5.91 Å². The van der Waals surface area contributed by atoms with Gasteiger partial charge in [0.15, 0.2) is 9.84 Å². The van der Waals surface area contributed by atoms with Gasteiger partial charge in [0.25, 0.3) is 0 Å². The Morgan fingerprint density at radius 3 is 2.30 bits per heavy atom. The van der Waals surface area contributed by atoms with Crippen LogP contribution in [0.5, 0.6) is 0 Å². The minimum absolute atomic E-state index is 0.0210. The molecule has 1 atom stereocenters. The van der Waals surface area contributed by atoms with Crippen molar-refractivity contribution in [3.63, 3.8) is 0 Å². The van der Waals surface area contributed by atoms with Crippen LogP contribution in [0.15, 0.2) is 66.1 Å². The van der Waals surface area contributed by atoms with Gasteiger partial charge < -0.3 is 9.64 Å². The summed E-state index contributed by atoms with van der Waals surface area (Å²) in [6.07, 6.45) is 3.12. The summed E-state index contributed by atoms with van der Waals surface area (Å²) in [6, 6.07) is 19.0. The molecule has 2 fully saturated rings. The lowest BCUT2D eigenvalue weighted by Crippen LogP contribution is -2.51. The third-order valence-electron chi connectivity index (χ3n) is 6.12.